The van der Waals surface area contributed by atoms with Gasteiger partial charge >= 0.3 is 11.9 Å². The first-order valence-corrected chi connectivity index (χ1v) is 5.98. The van der Waals surface area contributed by atoms with Gasteiger partial charge in [0.2, 0.25) is 10.0 Å². The number of amides is 1. The Bertz CT molecular complexity index is 535. The predicted molar refractivity (Wildman–Crippen MR) is 57.3 cm³/mol. The number of aliphatic carboxylic acids is 1. The molecule has 0 saturated carbocycles. The van der Waals surface area contributed by atoms with E-state index in [1.165, 1.54) is 24.3 Å². The molecule has 1 rings (SSSR count). The van der Waals surface area contributed by atoms with Crippen LogP contribution in [0.4, 0.5) is 0 Å². The zero-order valence-corrected chi connectivity index (χ0v) is 9.40. The summed E-state index contributed by atoms with van der Waals surface area (Å²) in [5.41, 5.74) is 0.562. The number of sulfonamides is 1. The Labute approximate surface area is 97.3 Å². The van der Waals surface area contributed by atoms with Crippen molar-refractivity contribution in [2.45, 2.75) is 11.4 Å². The molecule has 92 valence electrons. The summed E-state index contributed by atoms with van der Waals surface area (Å²) in [6.07, 6.45) is 0. The first-order chi connectivity index (χ1) is 7.80. The number of hydrogen-bond acceptors (Lipinski definition) is 4. The summed E-state index contributed by atoms with van der Waals surface area (Å²) in [5, 5.41) is 15.3. The molecule has 0 bridgehead atoms. The summed E-state index contributed by atoms with van der Waals surface area (Å²) in [4.78, 5) is 20.9. The van der Waals surface area contributed by atoms with E-state index >= 15 is 0 Å². The van der Waals surface area contributed by atoms with E-state index in [4.69, 9.17) is 10.2 Å². The number of carboxylic acids is 1. The molecule has 0 aliphatic carbocycles. The van der Waals surface area contributed by atoms with Crippen LogP contribution >= 0.6 is 0 Å². The fourth-order valence-electron chi connectivity index (χ4n) is 1.05. The van der Waals surface area contributed by atoms with Gasteiger partial charge in [0.25, 0.3) is 0 Å². The van der Waals surface area contributed by atoms with Gasteiger partial charge in [0.05, 0.1) is 4.90 Å². The molecule has 0 aliphatic rings. The van der Waals surface area contributed by atoms with Gasteiger partial charge in [-0.3, -0.25) is 4.79 Å². The van der Waals surface area contributed by atoms with Gasteiger partial charge in [-0.1, -0.05) is 12.1 Å². The third kappa shape index (κ3) is 3.85. The van der Waals surface area contributed by atoms with Gasteiger partial charge in [-0.15, -0.1) is 0 Å². The summed E-state index contributed by atoms with van der Waals surface area (Å²) in [5.74, 6) is -2.70. The standard InChI is InChI=1S/C9H10N2O5S/c10-17(15,16)7-3-1-6(2-4-7)5-11-8(12)9(13)14/h1-4H,5H2,(H,11,12)(H,13,14)(H2,10,15,16). The molecule has 1 aromatic carbocycles. The van der Waals surface area contributed by atoms with Crippen LogP contribution in [0.3, 0.4) is 0 Å². The third-order valence-electron chi connectivity index (χ3n) is 1.90. The van der Waals surface area contributed by atoms with Gasteiger partial charge in [0.1, 0.15) is 0 Å². The Morgan fingerprint density at radius 1 is 1.24 bits per heavy atom. The summed E-state index contributed by atoms with van der Waals surface area (Å²) in [6.45, 7) is -0.00394. The number of carbonyl (C=O) groups is 2. The lowest BCUT2D eigenvalue weighted by Gasteiger charge is -2.03. The van der Waals surface area contributed by atoms with Crippen molar-refractivity contribution in [1.82, 2.24) is 5.32 Å². The number of benzene rings is 1. The van der Waals surface area contributed by atoms with Gasteiger partial charge in [-0.05, 0) is 17.7 Å². The Morgan fingerprint density at radius 3 is 2.18 bits per heavy atom. The number of rotatable bonds is 3. The summed E-state index contributed by atoms with van der Waals surface area (Å²) in [7, 11) is -3.75. The lowest BCUT2D eigenvalue weighted by atomic mass is 10.2. The first-order valence-electron chi connectivity index (χ1n) is 4.43. The average molecular weight is 258 g/mol. The minimum atomic E-state index is -3.75. The smallest absolute Gasteiger partial charge is 0.394 e. The fourth-order valence-corrected chi connectivity index (χ4v) is 1.57. The van der Waals surface area contributed by atoms with Crippen molar-refractivity contribution in [3.05, 3.63) is 29.8 Å². The molecule has 0 fully saturated rings. The van der Waals surface area contributed by atoms with Gasteiger partial charge < -0.3 is 10.4 Å². The van der Waals surface area contributed by atoms with Crippen LogP contribution in [0.2, 0.25) is 0 Å². The van der Waals surface area contributed by atoms with Crippen molar-refractivity contribution in [3.63, 3.8) is 0 Å². The SMILES string of the molecule is NS(=O)(=O)c1ccc(CNC(=O)C(=O)O)cc1. The quantitative estimate of drug-likeness (QED) is 0.601. The molecule has 0 spiro atoms. The van der Waals surface area contributed by atoms with Gasteiger partial charge in [-0.2, -0.15) is 0 Å². The highest BCUT2D eigenvalue weighted by molar-refractivity contribution is 7.89. The number of nitrogens with two attached hydrogens (primary N) is 1. The molecule has 17 heavy (non-hydrogen) atoms. The van der Waals surface area contributed by atoms with E-state index in [0.29, 0.717) is 5.56 Å². The van der Waals surface area contributed by atoms with Crippen LogP contribution in [-0.4, -0.2) is 25.4 Å². The van der Waals surface area contributed by atoms with E-state index in [9.17, 15) is 18.0 Å². The van der Waals surface area contributed by atoms with Crippen LogP contribution < -0.4 is 10.5 Å². The maximum absolute atomic E-state index is 10.9. The molecule has 0 atom stereocenters. The van der Waals surface area contributed by atoms with Crippen molar-refractivity contribution in [1.29, 1.82) is 0 Å². The molecule has 1 aromatic rings. The Hall–Kier alpha value is -1.93. The highest BCUT2D eigenvalue weighted by Gasteiger charge is 2.10. The Balaban J connectivity index is 2.70. The molecule has 7 nitrogen and oxygen atoms in total. The molecular weight excluding hydrogens is 248 g/mol. The Morgan fingerprint density at radius 2 is 1.76 bits per heavy atom. The number of hydrogen-bond donors (Lipinski definition) is 3. The second kappa shape index (κ2) is 4.93. The second-order valence-corrected chi connectivity index (χ2v) is 4.74. The topological polar surface area (TPSA) is 127 Å². The number of carbonyl (C=O) groups excluding carboxylic acids is 1. The summed E-state index contributed by atoms with van der Waals surface area (Å²) < 4.78 is 21.9. The zero-order valence-electron chi connectivity index (χ0n) is 8.58. The number of carboxylic acid groups (broad SMARTS) is 1. The van der Waals surface area contributed by atoms with E-state index in [0.717, 1.165) is 0 Å². The van der Waals surface area contributed by atoms with Crippen LogP contribution in [0.1, 0.15) is 5.56 Å². The van der Waals surface area contributed by atoms with Gasteiger partial charge in [0.15, 0.2) is 0 Å². The normalized spacial score (nSPS) is 10.9. The highest BCUT2D eigenvalue weighted by atomic mass is 32.2. The van der Waals surface area contributed by atoms with Crippen LogP contribution in [0.25, 0.3) is 0 Å². The van der Waals surface area contributed by atoms with E-state index < -0.39 is 21.9 Å². The molecule has 0 saturated heterocycles. The largest absolute Gasteiger partial charge is 0.474 e. The maximum atomic E-state index is 10.9. The van der Waals surface area contributed by atoms with Crippen molar-refractivity contribution in [2.24, 2.45) is 5.14 Å². The average Bonchev–Trinajstić information content (AvgIpc) is 2.25. The molecule has 0 aliphatic heterocycles. The van der Waals surface area contributed by atoms with E-state index in [-0.39, 0.29) is 11.4 Å². The zero-order chi connectivity index (χ0) is 13.1. The van der Waals surface area contributed by atoms with E-state index in [1.54, 1.807) is 0 Å². The minimum absolute atomic E-state index is 0.00394. The Kier molecular flexibility index (Phi) is 3.81. The monoisotopic (exact) mass is 258 g/mol. The molecule has 0 heterocycles. The third-order valence-corrected chi connectivity index (χ3v) is 2.83. The molecular formula is C9H10N2O5S. The van der Waals surface area contributed by atoms with Gasteiger partial charge in [-0.25, -0.2) is 18.4 Å². The van der Waals surface area contributed by atoms with E-state index in [2.05, 4.69) is 5.32 Å². The molecule has 1 amide bonds. The maximum Gasteiger partial charge on any atom is 0.394 e. The lowest BCUT2D eigenvalue weighted by Crippen LogP contribution is -2.30. The van der Waals surface area contributed by atoms with Crippen molar-refractivity contribution < 1.29 is 23.1 Å². The summed E-state index contributed by atoms with van der Waals surface area (Å²) >= 11 is 0. The van der Waals surface area contributed by atoms with Crippen LogP contribution in [0.5, 0.6) is 0 Å². The predicted octanol–water partition coefficient (Wildman–Crippen LogP) is -0.965. The van der Waals surface area contributed by atoms with E-state index in [1.807, 2.05) is 0 Å². The van der Waals surface area contributed by atoms with Crippen LogP contribution in [0.15, 0.2) is 29.2 Å². The molecule has 0 unspecified atom stereocenters. The van der Waals surface area contributed by atoms with Crippen LogP contribution in [0, 0.1) is 0 Å². The molecule has 8 heteroatoms. The lowest BCUT2D eigenvalue weighted by molar-refractivity contribution is -0.150. The first kappa shape index (κ1) is 13.1. The number of nitrogens with one attached hydrogen (secondary N) is 1. The van der Waals surface area contributed by atoms with Gasteiger partial charge in [0, 0.05) is 6.54 Å². The van der Waals surface area contributed by atoms with Crippen molar-refractivity contribution >= 4 is 21.9 Å². The van der Waals surface area contributed by atoms with Crippen molar-refractivity contribution in [3.8, 4) is 0 Å². The fraction of sp³-hybridized carbons (Fsp3) is 0.111. The number of primary sulfonamides is 1. The van der Waals surface area contributed by atoms with Crippen LogP contribution in [-0.2, 0) is 26.2 Å². The van der Waals surface area contributed by atoms with Crippen molar-refractivity contribution in [2.75, 3.05) is 0 Å². The molecule has 0 aromatic heterocycles. The molecule has 4 N–H and O–H groups in total. The molecule has 0 radical (unpaired) electrons. The second-order valence-electron chi connectivity index (χ2n) is 3.18. The highest BCUT2D eigenvalue weighted by Crippen LogP contribution is 2.08. The minimum Gasteiger partial charge on any atom is -0.474 e. The summed E-state index contributed by atoms with van der Waals surface area (Å²) in [6, 6.07) is 5.42.